The molecule has 0 amide bonds. The number of para-hydroxylation sites is 1. The highest BCUT2D eigenvalue weighted by atomic mass is 32.2. The summed E-state index contributed by atoms with van der Waals surface area (Å²) in [5, 5.41) is 9.57. The fourth-order valence-corrected chi connectivity index (χ4v) is 7.00. The number of ether oxygens (including phenoxy) is 1. The third kappa shape index (κ3) is 9.03. The van der Waals surface area contributed by atoms with Crippen molar-refractivity contribution in [2.24, 2.45) is 5.41 Å². The number of nitrogens with zero attached hydrogens (tertiary/aromatic N) is 3. The van der Waals surface area contributed by atoms with Gasteiger partial charge in [0.1, 0.15) is 11.8 Å². The number of hydrogen-bond donors (Lipinski definition) is 1. The number of hydrogen-bond acceptors (Lipinski definition) is 6. The molecular formula is C30H45N3O5S. The Morgan fingerprint density at radius 2 is 1.79 bits per heavy atom. The highest BCUT2D eigenvalue weighted by Gasteiger charge is 2.41. The fourth-order valence-electron chi connectivity index (χ4n) is 5.31. The molecule has 1 fully saturated rings. The highest BCUT2D eigenvalue weighted by molar-refractivity contribution is 7.89. The van der Waals surface area contributed by atoms with E-state index in [0.717, 1.165) is 39.7 Å². The van der Waals surface area contributed by atoms with Crippen LogP contribution in [0.5, 0.6) is 5.75 Å². The Balaban J connectivity index is 1.93. The minimum Gasteiger partial charge on any atom is -0.494 e. The molecule has 8 nitrogen and oxygen atoms in total. The summed E-state index contributed by atoms with van der Waals surface area (Å²) < 4.78 is 32.3. The van der Waals surface area contributed by atoms with Crippen LogP contribution < -0.4 is 4.74 Å². The summed E-state index contributed by atoms with van der Waals surface area (Å²) >= 11 is 0. The zero-order valence-electron chi connectivity index (χ0n) is 24.3. The zero-order valence-corrected chi connectivity index (χ0v) is 25.1. The van der Waals surface area contributed by atoms with Crippen LogP contribution in [0, 0.1) is 5.41 Å². The van der Waals surface area contributed by atoms with Crippen LogP contribution in [0.2, 0.25) is 0 Å². The first-order chi connectivity index (χ1) is 18.3. The van der Waals surface area contributed by atoms with Crippen molar-refractivity contribution in [3.05, 3.63) is 65.2 Å². The molecule has 1 heterocycles. The maximum atomic E-state index is 12.6. The van der Waals surface area contributed by atoms with E-state index in [0.29, 0.717) is 19.7 Å². The van der Waals surface area contributed by atoms with Crippen LogP contribution in [0.3, 0.4) is 0 Å². The highest BCUT2D eigenvalue weighted by Crippen LogP contribution is 2.29. The van der Waals surface area contributed by atoms with Crippen molar-refractivity contribution in [3.63, 3.8) is 0 Å². The predicted molar refractivity (Wildman–Crippen MR) is 155 cm³/mol. The van der Waals surface area contributed by atoms with Crippen LogP contribution in [-0.4, -0.2) is 78.7 Å². The summed E-state index contributed by atoms with van der Waals surface area (Å²) in [7, 11) is 0.599. The fraction of sp³-hybridized carbons (Fsp3) is 0.567. The average molecular weight is 560 g/mol. The van der Waals surface area contributed by atoms with Crippen molar-refractivity contribution >= 4 is 16.0 Å². The van der Waals surface area contributed by atoms with Crippen molar-refractivity contribution in [2.45, 2.75) is 72.3 Å². The van der Waals surface area contributed by atoms with E-state index < -0.39 is 22.0 Å². The van der Waals surface area contributed by atoms with Gasteiger partial charge in [0.05, 0.1) is 12.4 Å². The van der Waals surface area contributed by atoms with Crippen LogP contribution in [0.1, 0.15) is 57.2 Å². The molecule has 1 aliphatic rings. The van der Waals surface area contributed by atoms with E-state index in [1.165, 1.54) is 0 Å². The Hall–Kier alpha value is -2.46. The topological polar surface area (TPSA) is 90.4 Å². The minimum atomic E-state index is -3.59. The molecule has 9 heteroatoms. The first kappa shape index (κ1) is 31.1. The molecule has 0 bridgehead atoms. The van der Waals surface area contributed by atoms with Gasteiger partial charge in [-0.15, -0.1) is 0 Å². The third-order valence-electron chi connectivity index (χ3n) is 6.94. The van der Waals surface area contributed by atoms with Gasteiger partial charge in [-0.25, -0.2) is 8.42 Å². The molecule has 1 N–H and O–H groups in total. The van der Waals surface area contributed by atoms with Crippen LogP contribution >= 0.6 is 0 Å². The Kier molecular flexibility index (Phi) is 10.6. The number of rotatable bonds is 13. The van der Waals surface area contributed by atoms with Crippen molar-refractivity contribution in [1.29, 1.82) is 0 Å². The lowest BCUT2D eigenvalue weighted by molar-refractivity contribution is -0.141. The van der Waals surface area contributed by atoms with Gasteiger partial charge >= 0.3 is 5.97 Å². The number of carbonyl (C=O) groups is 1. The summed E-state index contributed by atoms with van der Waals surface area (Å²) in [5.41, 5.74) is 3.10. The van der Waals surface area contributed by atoms with Crippen LogP contribution in [-0.2, 0) is 34.5 Å². The monoisotopic (exact) mass is 559 g/mol. The second-order valence-electron chi connectivity index (χ2n) is 12.0. The number of carboxylic acids is 1. The number of aliphatic carboxylic acids is 1. The lowest BCUT2D eigenvalue weighted by Crippen LogP contribution is -2.43. The Bertz CT molecular complexity index is 1210. The quantitative estimate of drug-likeness (QED) is 0.388. The SMILES string of the molecule is CCOc1ccccc1CN(Cc1cccc(CN2C(C(=O)O)CCS2(=O)=O)c1)[C@H](CN(C)C)CC(C)(C)C. The molecule has 39 heavy (non-hydrogen) atoms. The first-order valence-corrected chi connectivity index (χ1v) is 15.3. The molecule has 2 aromatic carbocycles. The summed E-state index contributed by atoms with van der Waals surface area (Å²) in [6, 6.07) is 15.3. The molecule has 0 saturated carbocycles. The molecule has 0 aromatic heterocycles. The second-order valence-corrected chi connectivity index (χ2v) is 14.0. The van der Waals surface area contributed by atoms with E-state index in [9.17, 15) is 18.3 Å². The molecule has 2 aromatic rings. The second kappa shape index (κ2) is 13.3. The first-order valence-electron chi connectivity index (χ1n) is 13.7. The van der Waals surface area contributed by atoms with Crippen molar-refractivity contribution in [3.8, 4) is 5.75 Å². The molecule has 1 saturated heterocycles. The minimum absolute atomic E-state index is 0.0590. The summed E-state index contributed by atoms with van der Waals surface area (Å²) in [5.74, 6) is -0.340. The van der Waals surface area contributed by atoms with Crippen LogP contribution in [0.4, 0.5) is 0 Å². The van der Waals surface area contributed by atoms with E-state index in [4.69, 9.17) is 4.74 Å². The average Bonchev–Trinajstić information content (AvgIpc) is 3.12. The van der Waals surface area contributed by atoms with Crippen molar-refractivity contribution in [2.75, 3.05) is 33.0 Å². The Morgan fingerprint density at radius 3 is 2.44 bits per heavy atom. The smallest absolute Gasteiger partial charge is 0.322 e. The van der Waals surface area contributed by atoms with Gasteiger partial charge in [-0.05, 0) is 56.5 Å². The van der Waals surface area contributed by atoms with Gasteiger partial charge in [0, 0.05) is 37.8 Å². The van der Waals surface area contributed by atoms with Gasteiger partial charge in [-0.1, -0.05) is 63.2 Å². The van der Waals surface area contributed by atoms with Crippen LogP contribution in [0.25, 0.3) is 0 Å². The van der Waals surface area contributed by atoms with Crippen molar-refractivity contribution in [1.82, 2.24) is 14.1 Å². The molecule has 2 atom stereocenters. The zero-order chi connectivity index (χ0) is 28.8. The maximum Gasteiger partial charge on any atom is 0.322 e. The van der Waals surface area contributed by atoms with E-state index in [-0.39, 0.29) is 30.2 Å². The van der Waals surface area contributed by atoms with Gasteiger partial charge in [-0.3, -0.25) is 9.69 Å². The lowest BCUT2D eigenvalue weighted by atomic mass is 9.87. The maximum absolute atomic E-state index is 12.6. The summed E-state index contributed by atoms with van der Waals surface area (Å²) in [6.45, 7) is 11.7. The predicted octanol–water partition coefficient (Wildman–Crippen LogP) is 4.44. The Labute approximate surface area is 234 Å². The molecule has 0 spiro atoms. The summed E-state index contributed by atoms with van der Waals surface area (Å²) in [6.07, 6.45) is 1.11. The summed E-state index contributed by atoms with van der Waals surface area (Å²) in [4.78, 5) is 16.4. The van der Waals surface area contributed by atoms with E-state index >= 15 is 0 Å². The molecule has 0 radical (unpaired) electrons. The van der Waals surface area contributed by atoms with E-state index in [2.05, 4.69) is 56.8 Å². The molecular weight excluding hydrogens is 514 g/mol. The van der Waals surface area contributed by atoms with E-state index in [1.54, 1.807) is 0 Å². The van der Waals surface area contributed by atoms with Gasteiger partial charge in [0.2, 0.25) is 10.0 Å². The van der Waals surface area contributed by atoms with Gasteiger partial charge in [0.15, 0.2) is 0 Å². The number of carboxylic acid groups (broad SMARTS) is 1. The van der Waals surface area contributed by atoms with Gasteiger partial charge in [-0.2, -0.15) is 4.31 Å². The number of sulfonamides is 1. The largest absolute Gasteiger partial charge is 0.494 e. The molecule has 216 valence electrons. The molecule has 3 rings (SSSR count). The lowest BCUT2D eigenvalue weighted by Gasteiger charge is -2.38. The molecule has 1 aliphatic heterocycles. The van der Waals surface area contributed by atoms with Gasteiger partial charge in [0.25, 0.3) is 0 Å². The molecule has 0 aliphatic carbocycles. The van der Waals surface area contributed by atoms with Crippen LogP contribution in [0.15, 0.2) is 48.5 Å². The number of likely N-dealkylation sites (N-methyl/N-ethyl adjacent to an activating group) is 1. The van der Waals surface area contributed by atoms with Crippen molar-refractivity contribution < 1.29 is 23.1 Å². The number of benzene rings is 2. The standard InChI is InChI=1S/C30H45N3O5S/c1-7-38-28-14-9-8-13-25(28)21-32(26(22-31(5)6)18-30(2,3)4)19-23-11-10-12-24(17-23)20-33-27(29(34)35)15-16-39(33,36)37/h8-14,17,26-27H,7,15-16,18-22H2,1-6H3,(H,34,35)/t26-,27?/m0/s1. The normalized spacial score (nSPS) is 18.5. The molecule has 1 unspecified atom stereocenters. The van der Waals surface area contributed by atoms with E-state index in [1.807, 2.05) is 43.3 Å². The van der Waals surface area contributed by atoms with Gasteiger partial charge < -0.3 is 14.7 Å². The Morgan fingerprint density at radius 1 is 1.10 bits per heavy atom. The third-order valence-corrected chi connectivity index (χ3v) is 8.79.